The van der Waals surface area contributed by atoms with Gasteiger partial charge in [0.25, 0.3) is 0 Å². The van der Waals surface area contributed by atoms with E-state index in [1.54, 1.807) is 13.8 Å². The first-order valence-corrected chi connectivity index (χ1v) is 10.2. The molecule has 0 aromatic heterocycles. The molecule has 13 nitrogen and oxygen atoms in total. The van der Waals surface area contributed by atoms with E-state index in [-0.39, 0.29) is 25.3 Å². The zero-order valence-electron chi connectivity index (χ0n) is 18.1. The van der Waals surface area contributed by atoms with Crippen LogP contribution in [0.1, 0.15) is 46.0 Å². The zero-order chi connectivity index (χ0) is 24.6. The summed E-state index contributed by atoms with van der Waals surface area (Å²) >= 11 is 0. The Balaban J connectivity index is 3.01. The third kappa shape index (κ3) is 8.13. The van der Waals surface area contributed by atoms with Crippen molar-refractivity contribution in [3.05, 3.63) is 0 Å². The van der Waals surface area contributed by atoms with Crippen molar-refractivity contribution < 1.29 is 39.0 Å². The van der Waals surface area contributed by atoms with Crippen LogP contribution in [0.5, 0.6) is 0 Å². The number of likely N-dealkylation sites (tertiary alicyclic amines) is 1. The highest BCUT2D eigenvalue weighted by Crippen LogP contribution is 2.19. The lowest BCUT2D eigenvalue weighted by Gasteiger charge is -2.28. The van der Waals surface area contributed by atoms with E-state index in [1.807, 2.05) is 0 Å². The third-order valence-corrected chi connectivity index (χ3v) is 4.91. The average molecular weight is 457 g/mol. The summed E-state index contributed by atoms with van der Waals surface area (Å²) in [4.78, 5) is 72.6. The first kappa shape index (κ1) is 26.8. The van der Waals surface area contributed by atoms with Crippen LogP contribution in [0.15, 0.2) is 0 Å². The van der Waals surface area contributed by atoms with Gasteiger partial charge in [-0.2, -0.15) is 0 Å². The van der Waals surface area contributed by atoms with Gasteiger partial charge in [-0.25, -0.2) is 4.79 Å². The van der Waals surface area contributed by atoms with Gasteiger partial charge >= 0.3 is 11.9 Å². The molecular formula is C19H31N5O8. The Hall–Kier alpha value is -3.22. The van der Waals surface area contributed by atoms with Gasteiger partial charge in [0.15, 0.2) is 0 Å². The van der Waals surface area contributed by atoms with E-state index >= 15 is 0 Å². The summed E-state index contributed by atoms with van der Waals surface area (Å²) in [5.41, 5.74) is 10.6. The van der Waals surface area contributed by atoms with Crippen LogP contribution in [0.3, 0.4) is 0 Å². The molecule has 180 valence electrons. The minimum Gasteiger partial charge on any atom is -0.481 e. The molecule has 0 radical (unpaired) electrons. The van der Waals surface area contributed by atoms with E-state index in [2.05, 4.69) is 10.6 Å². The summed E-state index contributed by atoms with van der Waals surface area (Å²) < 4.78 is 0. The molecule has 0 bridgehead atoms. The average Bonchev–Trinajstić information content (AvgIpc) is 3.15. The molecule has 0 aromatic carbocycles. The van der Waals surface area contributed by atoms with Gasteiger partial charge < -0.3 is 37.2 Å². The van der Waals surface area contributed by atoms with Gasteiger partial charge in [0.2, 0.25) is 23.6 Å². The van der Waals surface area contributed by atoms with E-state index in [1.165, 1.54) is 0 Å². The molecule has 1 rings (SSSR count). The number of hydrogen-bond donors (Lipinski definition) is 6. The van der Waals surface area contributed by atoms with Crippen LogP contribution < -0.4 is 22.1 Å². The van der Waals surface area contributed by atoms with E-state index in [0.717, 1.165) is 4.90 Å². The van der Waals surface area contributed by atoms with Gasteiger partial charge in [-0.15, -0.1) is 0 Å². The number of rotatable bonds is 12. The Morgan fingerprint density at radius 1 is 1.00 bits per heavy atom. The largest absolute Gasteiger partial charge is 0.481 e. The SMILES string of the molecule is CC(C)CC(NC(=O)C(N)CC(N)=O)C(=O)NC(CC(=O)O)C(=O)N1CCCC1C(=O)O. The van der Waals surface area contributed by atoms with Gasteiger partial charge in [-0.3, -0.25) is 24.0 Å². The van der Waals surface area contributed by atoms with E-state index < -0.39 is 72.6 Å². The van der Waals surface area contributed by atoms with Crippen LogP contribution >= 0.6 is 0 Å². The molecule has 0 aliphatic carbocycles. The topological polar surface area (TPSA) is 222 Å². The first-order chi connectivity index (χ1) is 14.8. The fourth-order valence-electron chi connectivity index (χ4n) is 3.43. The molecule has 4 atom stereocenters. The molecule has 4 unspecified atom stereocenters. The van der Waals surface area contributed by atoms with Crippen molar-refractivity contribution in [1.82, 2.24) is 15.5 Å². The van der Waals surface area contributed by atoms with Gasteiger partial charge in [0, 0.05) is 6.54 Å². The second kappa shape index (κ2) is 12.0. The minimum absolute atomic E-state index is 0.0815. The number of amides is 4. The van der Waals surface area contributed by atoms with Crippen molar-refractivity contribution >= 4 is 35.6 Å². The van der Waals surface area contributed by atoms with E-state index in [4.69, 9.17) is 11.5 Å². The van der Waals surface area contributed by atoms with E-state index in [0.29, 0.717) is 6.42 Å². The van der Waals surface area contributed by atoms with Crippen LogP contribution in [0.25, 0.3) is 0 Å². The normalized spacial score (nSPS) is 18.5. The first-order valence-electron chi connectivity index (χ1n) is 10.2. The number of carboxylic acid groups (broad SMARTS) is 2. The molecule has 8 N–H and O–H groups in total. The molecule has 0 spiro atoms. The molecule has 1 saturated heterocycles. The standard InChI is InChI=1S/C19H31N5O8/c1-9(2)6-11(22-16(28)10(20)7-14(21)25)17(29)23-12(8-15(26)27)18(30)24-5-3-4-13(24)19(31)32/h9-13H,3-8,20H2,1-2H3,(H2,21,25)(H,22,28)(H,23,29)(H,26,27)(H,31,32). The maximum Gasteiger partial charge on any atom is 0.326 e. The molecule has 1 aliphatic rings. The number of nitrogens with zero attached hydrogens (tertiary/aromatic N) is 1. The summed E-state index contributed by atoms with van der Waals surface area (Å²) in [5, 5.41) is 23.2. The Bertz CT molecular complexity index is 756. The molecule has 1 heterocycles. The maximum atomic E-state index is 12.9. The number of nitrogens with two attached hydrogens (primary N) is 2. The smallest absolute Gasteiger partial charge is 0.326 e. The van der Waals surface area contributed by atoms with Crippen molar-refractivity contribution in [2.45, 2.75) is 70.1 Å². The highest BCUT2D eigenvalue weighted by atomic mass is 16.4. The quantitative estimate of drug-likeness (QED) is 0.186. The lowest BCUT2D eigenvalue weighted by molar-refractivity contribution is -0.150. The minimum atomic E-state index is -1.52. The fraction of sp³-hybridized carbons (Fsp3) is 0.684. The van der Waals surface area contributed by atoms with Crippen molar-refractivity contribution in [2.24, 2.45) is 17.4 Å². The number of primary amides is 1. The Labute approximate surface area is 184 Å². The molecular weight excluding hydrogens is 426 g/mol. The van der Waals surface area contributed by atoms with Crippen LogP contribution in [-0.2, 0) is 28.8 Å². The molecule has 0 aromatic rings. The number of carbonyl (C=O) groups excluding carboxylic acids is 4. The van der Waals surface area contributed by atoms with Crippen molar-refractivity contribution in [3.63, 3.8) is 0 Å². The second-order valence-corrected chi connectivity index (χ2v) is 8.15. The fourth-order valence-corrected chi connectivity index (χ4v) is 3.43. The highest BCUT2D eigenvalue weighted by molar-refractivity contribution is 5.96. The van der Waals surface area contributed by atoms with Gasteiger partial charge in [-0.1, -0.05) is 13.8 Å². The van der Waals surface area contributed by atoms with Crippen molar-refractivity contribution in [3.8, 4) is 0 Å². The molecule has 1 aliphatic heterocycles. The Morgan fingerprint density at radius 2 is 1.59 bits per heavy atom. The number of carbonyl (C=O) groups is 6. The van der Waals surface area contributed by atoms with Crippen molar-refractivity contribution in [2.75, 3.05) is 6.54 Å². The summed E-state index contributed by atoms with van der Waals surface area (Å²) in [7, 11) is 0. The highest BCUT2D eigenvalue weighted by Gasteiger charge is 2.39. The van der Waals surface area contributed by atoms with Crippen molar-refractivity contribution in [1.29, 1.82) is 0 Å². The number of aliphatic carboxylic acids is 2. The Kier molecular flexibility index (Phi) is 10.0. The lowest BCUT2D eigenvalue weighted by Crippen LogP contribution is -2.58. The predicted molar refractivity (Wildman–Crippen MR) is 110 cm³/mol. The molecule has 4 amide bonds. The van der Waals surface area contributed by atoms with Crippen LogP contribution in [0.4, 0.5) is 0 Å². The third-order valence-electron chi connectivity index (χ3n) is 4.91. The summed E-state index contributed by atoms with van der Waals surface area (Å²) in [6, 6.07) is -5.08. The number of carboxylic acids is 2. The summed E-state index contributed by atoms with van der Waals surface area (Å²) in [5.74, 6) is -5.94. The van der Waals surface area contributed by atoms with Gasteiger partial charge in [0.1, 0.15) is 18.1 Å². The predicted octanol–water partition coefficient (Wildman–Crippen LogP) is -2.24. The lowest BCUT2D eigenvalue weighted by atomic mass is 10.0. The monoisotopic (exact) mass is 457 g/mol. The zero-order valence-corrected chi connectivity index (χ0v) is 18.1. The van der Waals surface area contributed by atoms with Gasteiger partial charge in [0.05, 0.1) is 18.9 Å². The second-order valence-electron chi connectivity index (χ2n) is 8.15. The van der Waals surface area contributed by atoms with Gasteiger partial charge in [-0.05, 0) is 25.2 Å². The molecule has 13 heteroatoms. The molecule has 1 fully saturated rings. The van der Waals surface area contributed by atoms with Crippen LogP contribution in [-0.4, -0.2) is 81.4 Å². The number of hydrogen-bond acceptors (Lipinski definition) is 7. The van der Waals surface area contributed by atoms with Crippen LogP contribution in [0, 0.1) is 5.92 Å². The molecule has 0 saturated carbocycles. The molecule has 32 heavy (non-hydrogen) atoms. The number of nitrogens with one attached hydrogen (secondary N) is 2. The maximum absolute atomic E-state index is 12.9. The summed E-state index contributed by atoms with van der Waals surface area (Å²) in [6.45, 7) is 3.67. The van der Waals surface area contributed by atoms with E-state index in [9.17, 15) is 39.0 Å². The Morgan fingerprint density at radius 3 is 2.09 bits per heavy atom. The summed E-state index contributed by atoms with van der Waals surface area (Å²) in [6.07, 6.45) is -0.417. The van der Waals surface area contributed by atoms with Crippen LogP contribution in [0.2, 0.25) is 0 Å².